The number of allylic oxidation sites excluding steroid dienone is 1. The molecule has 2 aromatic rings. The number of benzene rings is 2. The second-order valence-electron chi connectivity index (χ2n) is 7.72. The Kier molecular flexibility index (Phi) is 5.73. The van der Waals surface area contributed by atoms with E-state index in [0.29, 0.717) is 12.2 Å². The number of nitrogens with two attached hydrogens (primary N) is 1. The summed E-state index contributed by atoms with van der Waals surface area (Å²) in [5.74, 6) is -2.15. The molecule has 1 aliphatic rings. The van der Waals surface area contributed by atoms with Crippen LogP contribution in [0.3, 0.4) is 0 Å². The summed E-state index contributed by atoms with van der Waals surface area (Å²) >= 11 is 0. The van der Waals surface area contributed by atoms with E-state index in [4.69, 9.17) is 10.5 Å². The first kappa shape index (κ1) is 21.2. The largest absolute Gasteiger partial charge is 0.492 e. The number of carbonyl (C=O) groups excluding carboxylic acids is 1. The van der Waals surface area contributed by atoms with Crippen molar-refractivity contribution in [1.29, 1.82) is 0 Å². The van der Waals surface area contributed by atoms with Gasteiger partial charge in [-0.25, -0.2) is 13.8 Å². The smallest absolute Gasteiger partial charge is 0.262 e. The van der Waals surface area contributed by atoms with Crippen LogP contribution in [0.1, 0.15) is 40.9 Å². The van der Waals surface area contributed by atoms with Crippen LogP contribution < -0.4 is 15.8 Å². The zero-order valence-corrected chi connectivity index (χ0v) is 17.1. The Bertz CT molecular complexity index is 1070. The van der Waals surface area contributed by atoms with Crippen LogP contribution in [0.2, 0.25) is 0 Å². The number of fused-ring (bicyclic) bond motifs is 1. The van der Waals surface area contributed by atoms with Gasteiger partial charge in [-0.05, 0) is 47.9 Å². The van der Waals surface area contributed by atoms with Crippen molar-refractivity contribution in [2.24, 2.45) is 10.7 Å². The molecule has 0 atom stereocenters. The first-order valence-corrected chi connectivity index (χ1v) is 9.32. The van der Waals surface area contributed by atoms with Crippen molar-refractivity contribution < 1.29 is 18.3 Å². The summed E-state index contributed by atoms with van der Waals surface area (Å²) in [6.07, 6.45) is 2.47. The summed E-state index contributed by atoms with van der Waals surface area (Å²) in [7, 11) is 0. The normalized spacial score (nSPS) is 15.0. The van der Waals surface area contributed by atoms with Gasteiger partial charge >= 0.3 is 0 Å². The molecule has 0 bridgehead atoms. The Labute approximate surface area is 174 Å². The molecule has 0 radical (unpaired) electrons. The molecular formula is C23H23F2N3O2. The summed E-state index contributed by atoms with van der Waals surface area (Å²) in [5, 5.41) is 2.30. The first-order chi connectivity index (χ1) is 14.1. The van der Waals surface area contributed by atoms with Crippen molar-refractivity contribution in [2.75, 3.05) is 6.61 Å². The van der Waals surface area contributed by atoms with Crippen molar-refractivity contribution in [2.45, 2.75) is 26.2 Å². The number of aliphatic imine (C=N–C) groups is 1. The van der Waals surface area contributed by atoms with Gasteiger partial charge in [-0.2, -0.15) is 0 Å². The quantitative estimate of drug-likeness (QED) is 0.724. The first-order valence-electron chi connectivity index (χ1n) is 9.32. The molecular weight excluding hydrogens is 388 g/mol. The fraction of sp³-hybridized carbons (Fsp3) is 0.217. The Morgan fingerprint density at radius 2 is 1.97 bits per heavy atom. The van der Waals surface area contributed by atoms with Crippen molar-refractivity contribution in [3.63, 3.8) is 0 Å². The molecule has 30 heavy (non-hydrogen) atoms. The minimum absolute atomic E-state index is 0.0636. The van der Waals surface area contributed by atoms with Crippen molar-refractivity contribution in [3.05, 3.63) is 82.8 Å². The highest BCUT2D eigenvalue weighted by Gasteiger charge is 2.32. The van der Waals surface area contributed by atoms with Gasteiger partial charge in [-0.3, -0.25) is 4.79 Å². The molecule has 3 rings (SSSR count). The van der Waals surface area contributed by atoms with Gasteiger partial charge in [0.05, 0.1) is 6.61 Å². The van der Waals surface area contributed by atoms with Crippen LogP contribution in [0, 0.1) is 18.6 Å². The van der Waals surface area contributed by atoms with Crippen LogP contribution >= 0.6 is 0 Å². The number of aryl methyl sites for hydroxylation is 1. The highest BCUT2D eigenvalue weighted by Crippen LogP contribution is 2.40. The number of amides is 1. The molecule has 1 aliphatic heterocycles. The van der Waals surface area contributed by atoms with E-state index in [-0.39, 0.29) is 11.2 Å². The Morgan fingerprint density at radius 3 is 2.60 bits per heavy atom. The molecule has 5 nitrogen and oxygen atoms in total. The Morgan fingerprint density at radius 1 is 1.30 bits per heavy atom. The fourth-order valence-electron chi connectivity index (χ4n) is 3.24. The predicted molar refractivity (Wildman–Crippen MR) is 113 cm³/mol. The maximum atomic E-state index is 13.8. The van der Waals surface area contributed by atoms with Gasteiger partial charge in [0, 0.05) is 23.4 Å². The highest BCUT2D eigenvalue weighted by atomic mass is 19.1. The van der Waals surface area contributed by atoms with Crippen LogP contribution in [0.25, 0.3) is 5.57 Å². The third kappa shape index (κ3) is 4.10. The van der Waals surface area contributed by atoms with Crippen LogP contribution in [0.5, 0.6) is 5.75 Å². The number of hydrogen-bond donors (Lipinski definition) is 2. The second-order valence-corrected chi connectivity index (χ2v) is 7.72. The van der Waals surface area contributed by atoms with Crippen molar-refractivity contribution in [3.8, 4) is 5.75 Å². The van der Waals surface area contributed by atoms with Crippen LogP contribution in [-0.4, -0.2) is 18.7 Å². The van der Waals surface area contributed by atoms with Crippen LogP contribution in [0.15, 0.2) is 53.9 Å². The minimum Gasteiger partial charge on any atom is -0.492 e. The Balaban J connectivity index is 1.79. The SMILES string of the molecule is C=C(/C=N\C(=C/N)NC(=O)c1c(F)cccc1F)c1cc2c(cc1C)OCC2(C)C. The summed E-state index contributed by atoms with van der Waals surface area (Å²) < 4.78 is 33.3. The van der Waals surface area contributed by atoms with Crippen LogP contribution in [-0.2, 0) is 5.41 Å². The molecule has 0 fully saturated rings. The molecule has 7 heteroatoms. The van der Waals surface area contributed by atoms with E-state index >= 15 is 0 Å². The topological polar surface area (TPSA) is 76.7 Å². The van der Waals surface area contributed by atoms with Gasteiger partial charge in [0.15, 0.2) is 0 Å². The number of nitrogens with zero attached hydrogens (tertiary/aromatic N) is 1. The van der Waals surface area contributed by atoms with E-state index < -0.39 is 23.1 Å². The summed E-state index contributed by atoms with van der Waals surface area (Å²) in [5.41, 5.74) is 8.19. The molecule has 1 amide bonds. The lowest BCUT2D eigenvalue weighted by Gasteiger charge is -2.17. The molecule has 3 N–H and O–H groups in total. The number of rotatable bonds is 5. The number of carbonyl (C=O) groups is 1. The lowest BCUT2D eigenvalue weighted by atomic mass is 9.84. The van der Waals surface area contributed by atoms with E-state index in [1.54, 1.807) is 0 Å². The molecule has 0 aliphatic carbocycles. The third-order valence-corrected chi connectivity index (χ3v) is 4.94. The molecule has 156 valence electrons. The van der Waals surface area contributed by atoms with E-state index in [1.807, 2.05) is 19.1 Å². The van der Waals surface area contributed by atoms with Gasteiger partial charge in [0.25, 0.3) is 5.91 Å². The standard InChI is InChI=1S/C23H23F2N3O2/c1-13-8-19-16(23(3,4)12-30-19)9-15(13)14(2)11-27-20(10-26)28-22(29)21-17(24)6-5-7-18(21)25/h5-11H,2,12,26H2,1,3-4H3,(H,28,29)/b20-10+,27-11-. The average molecular weight is 411 g/mol. The van der Waals surface area contributed by atoms with Gasteiger partial charge in [0.1, 0.15) is 28.8 Å². The van der Waals surface area contributed by atoms with Gasteiger partial charge in [-0.1, -0.05) is 26.5 Å². The number of ether oxygens (including phenoxy) is 1. The lowest BCUT2D eigenvalue weighted by molar-refractivity contribution is 0.0957. The van der Waals surface area contributed by atoms with E-state index in [1.165, 1.54) is 12.3 Å². The average Bonchev–Trinajstić information content (AvgIpc) is 2.97. The van der Waals surface area contributed by atoms with Gasteiger partial charge in [-0.15, -0.1) is 0 Å². The Hall–Kier alpha value is -3.48. The molecule has 0 saturated carbocycles. The zero-order chi connectivity index (χ0) is 22.1. The number of halogens is 2. The van der Waals surface area contributed by atoms with E-state index in [0.717, 1.165) is 40.8 Å². The number of hydrogen-bond acceptors (Lipinski definition) is 4. The molecule has 1 heterocycles. The second kappa shape index (κ2) is 8.10. The number of nitrogens with one attached hydrogen (secondary N) is 1. The third-order valence-electron chi connectivity index (χ3n) is 4.94. The molecule has 0 unspecified atom stereocenters. The van der Waals surface area contributed by atoms with Crippen LogP contribution in [0.4, 0.5) is 8.78 Å². The predicted octanol–water partition coefficient (Wildman–Crippen LogP) is 4.21. The van der Waals surface area contributed by atoms with Gasteiger partial charge < -0.3 is 15.8 Å². The zero-order valence-electron chi connectivity index (χ0n) is 17.1. The fourth-order valence-corrected chi connectivity index (χ4v) is 3.24. The molecule has 0 aromatic heterocycles. The monoisotopic (exact) mass is 411 g/mol. The highest BCUT2D eigenvalue weighted by molar-refractivity contribution is 6.10. The summed E-state index contributed by atoms with van der Waals surface area (Å²) in [6.45, 7) is 10.8. The van der Waals surface area contributed by atoms with Crippen molar-refractivity contribution >= 4 is 17.7 Å². The maximum Gasteiger partial charge on any atom is 0.262 e. The van der Waals surface area contributed by atoms with Gasteiger partial charge in [0.2, 0.25) is 0 Å². The maximum absolute atomic E-state index is 13.8. The summed E-state index contributed by atoms with van der Waals surface area (Å²) in [6, 6.07) is 7.15. The van der Waals surface area contributed by atoms with E-state index in [2.05, 4.69) is 30.7 Å². The van der Waals surface area contributed by atoms with E-state index in [9.17, 15) is 13.6 Å². The minimum atomic E-state index is -0.988. The lowest BCUT2D eigenvalue weighted by Crippen LogP contribution is -2.25. The molecule has 0 saturated heterocycles. The summed E-state index contributed by atoms with van der Waals surface area (Å²) in [4.78, 5) is 16.3. The van der Waals surface area contributed by atoms with Crippen molar-refractivity contribution in [1.82, 2.24) is 5.32 Å². The molecule has 0 spiro atoms. The molecule has 2 aromatic carbocycles.